The van der Waals surface area contributed by atoms with Gasteiger partial charge in [-0.05, 0) is 25.0 Å². The summed E-state index contributed by atoms with van der Waals surface area (Å²) in [6.45, 7) is 6.87. The molecular weight excluding hydrogens is 319 g/mol. The van der Waals surface area contributed by atoms with Crippen LogP contribution >= 0.6 is 0 Å². The van der Waals surface area contributed by atoms with E-state index in [1.807, 2.05) is 24.5 Å². The van der Waals surface area contributed by atoms with Crippen molar-refractivity contribution in [2.24, 2.45) is 0 Å². The van der Waals surface area contributed by atoms with E-state index in [1.165, 1.54) is 18.5 Å². The predicted molar refractivity (Wildman–Crippen MR) is 97.8 cm³/mol. The van der Waals surface area contributed by atoms with E-state index in [9.17, 15) is 4.39 Å². The Labute approximate surface area is 147 Å². The molecule has 0 aliphatic rings. The third-order valence-corrected chi connectivity index (χ3v) is 3.98. The molecular formula is C19H25FN4O. The van der Waals surface area contributed by atoms with Crippen molar-refractivity contribution in [1.29, 1.82) is 0 Å². The second-order valence-corrected chi connectivity index (χ2v) is 5.40. The Morgan fingerprint density at radius 2 is 2.00 bits per heavy atom. The molecule has 0 aliphatic heterocycles. The maximum atomic E-state index is 13.5. The molecule has 0 bridgehead atoms. The Balaban J connectivity index is 0.00000109. The van der Waals surface area contributed by atoms with E-state index in [4.69, 9.17) is 4.74 Å². The van der Waals surface area contributed by atoms with E-state index >= 15 is 0 Å². The SMILES string of the molecule is CC.CCC(CCn1cnc2c(-c3cccc(F)c3)ncnc21)OC. The number of imidazole rings is 1. The highest BCUT2D eigenvalue weighted by molar-refractivity contribution is 5.86. The van der Waals surface area contributed by atoms with Gasteiger partial charge in [0.2, 0.25) is 0 Å². The van der Waals surface area contributed by atoms with Gasteiger partial charge in [0, 0.05) is 19.2 Å². The van der Waals surface area contributed by atoms with Crippen LogP contribution in [0.1, 0.15) is 33.6 Å². The van der Waals surface area contributed by atoms with Crippen molar-refractivity contribution in [1.82, 2.24) is 19.5 Å². The first kappa shape index (κ1) is 19.0. The van der Waals surface area contributed by atoms with Crippen LogP contribution in [-0.4, -0.2) is 32.7 Å². The lowest BCUT2D eigenvalue weighted by atomic mass is 10.1. The Kier molecular flexibility index (Phi) is 7.01. The molecule has 0 saturated carbocycles. The Hall–Kier alpha value is -2.34. The van der Waals surface area contributed by atoms with Crippen LogP contribution in [0.5, 0.6) is 0 Å². The molecule has 134 valence electrons. The molecule has 2 aromatic heterocycles. The molecule has 25 heavy (non-hydrogen) atoms. The molecule has 2 heterocycles. The molecule has 1 atom stereocenters. The smallest absolute Gasteiger partial charge is 0.163 e. The second kappa shape index (κ2) is 9.22. The molecule has 0 aliphatic carbocycles. The summed E-state index contributed by atoms with van der Waals surface area (Å²) in [5, 5.41) is 0. The van der Waals surface area contributed by atoms with E-state index < -0.39 is 0 Å². The van der Waals surface area contributed by atoms with Crippen LogP contribution in [0.15, 0.2) is 36.9 Å². The van der Waals surface area contributed by atoms with Crippen molar-refractivity contribution < 1.29 is 9.13 Å². The van der Waals surface area contributed by atoms with Gasteiger partial charge < -0.3 is 9.30 Å². The van der Waals surface area contributed by atoms with Crippen molar-refractivity contribution in [3.05, 3.63) is 42.7 Å². The van der Waals surface area contributed by atoms with Crippen LogP contribution in [0.3, 0.4) is 0 Å². The van der Waals surface area contributed by atoms with Gasteiger partial charge in [-0.15, -0.1) is 0 Å². The maximum Gasteiger partial charge on any atom is 0.163 e. The number of fused-ring (bicyclic) bond motifs is 1. The van der Waals surface area contributed by atoms with Crippen LogP contribution in [0.2, 0.25) is 0 Å². The first-order valence-electron chi connectivity index (χ1n) is 8.67. The molecule has 3 aromatic rings. The lowest BCUT2D eigenvalue weighted by molar-refractivity contribution is 0.0885. The van der Waals surface area contributed by atoms with Crippen molar-refractivity contribution in [3.8, 4) is 11.3 Å². The lowest BCUT2D eigenvalue weighted by Gasteiger charge is -2.13. The summed E-state index contributed by atoms with van der Waals surface area (Å²) in [7, 11) is 1.73. The fourth-order valence-corrected chi connectivity index (χ4v) is 2.66. The monoisotopic (exact) mass is 344 g/mol. The zero-order chi connectivity index (χ0) is 18.2. The number of benzene rings is 1. The van der Waals surface area contributed by atoms with Gasteiger partial charge in [-0.3, -0.25) is 0 Å². The first-order valence-corrected chi connectivity index (χ1v) is 8.67. The van der Waals surface area contributed by atoms with Gasteiger partial charge in [-0.2, -0.15) is 0 Å². The highest BCUT2D eigenvalue weighted by Crippen LogP contribution is 2.24. The van der Waals surface area contributed by atoms with Crippen LogP contribution in [-0.2, 0) is 11.3 Å². The predicted octanol–water partition coefficient (Wildman–Crippen LogP) is 4.47. The zero-order valence-corrected chi connectivity index (χ0v) is 15.2. The second-order valence-electron chi connectivity index (χ2n) is 5.40. The highest BCUT2D eigenvalue weighted by Gasteiger charge is 2.13. The van der Waals surface area contributed by atoms with Gasteiger partial charge in [0.15, 0.2) is 5.65 Å². The molecule has 0 N–H and O–H groups in total. The fourth-order valence-electron chi connectivity index (χ4n) is 2.66. The summed E-state index contributed by atoms with van der Waals surface area (Å²) in [6.07, 6.45) is 5.32. The molecule has 6 heteroatoms. The number of methoxy groups -OCH3 is 1. The molecule has 1 unspecified atom stereocenters. The number of hydrogen-bond donors (Lipinski definition) is 0. The average molecular weight is 344 g/mol. The van der Waals surface area contributed by atoms with Gasteiger partial charge >= 0.3 is 0 Å². The van der Waals surface area contributed by atoms with Crippen LogP contribution < -0.4 is 0 Å². The number of ether oxygens (including phenoxy) is 1. The summed E-state index contributed by atoms with van der Waals surface area (Å²) >= 11 is 0. The minimum absolute atomic E-state index is 0.219. The molecule has 0 fully saturated rings. The number of hydrogen-bond acceptors (Lipinski definition) is 4. The van der Waals surface area contributed by atoms with Crippen LogP contribution in [0.4, 0.5) is 4.39 Å². The molecule has 0 saturated heterocycles. The Morgan fingerprint density at radius 3 is 2.68 bits per heavy atom. The lowest BCUT2D eigenvalue weighted by Crippen LogP contribution is -2.12. The van der Waals surface area contributed by atoms with Crippen molar-refractivity contribution in [3.63, 3.8) is 0 Å². The number of rotatable bonds is 6. The van der Waals surface area contributed by atoms with Crippen molar-refractivity contribution in [2.45, 2.75) is 46.3 Å². The largest absolute Gasteiger partial charge is 0.381 e. The third kappa shape index (κ3) is 4.39. The minimum atomic E-state index is -0.292. The summed E-state index contributed by atoms with van der Waals surface area (Å²) in [4.78, 5) is 13.0. The van der Waals surface area contributed by atoms with Gasteiger partial charge in [0.25, 0.3) is 0 Å². The number of aryl methyl sites for hydroxylation is 1. The van der Waals surface area contributed by atoms with Crippen molar-refractivity contribution >= 4 is 11.2 Å². The molecule has 3 rings (SSSR count). The van der Waals surface area contributed by atoms with E-state index in [0.717, 1.165) is 25.0 Å². The average Bonchev–Trinajstić information content (AvgIpc) is 3.07. The molecule has 1 aromatic carbocycles. The standard InChI is InChI=1S/C17H19FN4O.C2H6/c1-3-14(23-2)7-8-22-11-21-16-15(19-10-20-17(16)22)12-5-4-6-13(18)9-12;1-2/h4-6,9-11,14H,3,7-8H2,1-2H3;1-2H3. The number of halogens is 1. The normalized spacial score (nSPS) is 11.9. The first-order chi connectivity index (χ1) is 12.2. The number of aromatic nitrogens is 4. The molecule has 0 radical (unpaired) electrons. The molecule has 0 spiro atoms. The summed E-state index contributed by atoms with van der Waals surface area (Å²) in [6, 6.07) is 6.36. The van der Waals surface area contributed by atoms with E-state index in [2.05, 4.69) is 21.9 Å². The van der Waals surface area contributed by atoms with E-state index in [0.29, 0.717) is 16.8 Å². The van der Waals surface area contributed by atoms with Gasteiger partial charge in [-0.1, -0.05) is 32.9 Å². The maximum absolute atomic E-state index is 13.5. The molecule has 0 amide bonds. The topological polar surface area (TPSA) is 52.8 Å². The zero-order valence-electron chi connectivity index (χ0n) is 15.2. The highest BCUT2D eigenvalue weighted by atomic mass is 19.1. The summed E-state index contributed by atoms with van der Waals surface area (Å²) in [5.41, 5.74) is 2.78. The molecule has 5 nitrogen and oxygen atoms in total. The minimum Gasteiger partial charge on any atom is -0.381 e. The van der Waals surface area contributed by atoms with Crippen LogP contribution in [0.25, 0.3) is 22.4 Å². The Morgan fingerprint density at radius 1 is 1.20 bits per heavy atom. The summed E-state index contributed by atoms with van der Waals surface area (Å²) in [5.74, 6) is -0.292. The van der Waals surface area contributed by atoms with Crippen molar-refractivity contribution in [2.75, 3.05) is 7.11 Å². The Bertz CT molecular complexity index is 799. The third-order valence-electron chi connectivity index (χ3n) is 3.98. The van der Waals surface area contributed by atoms with Gasteiger partial charge in [0.05, 0.1) is 12.4 Å². The van der Waals surface area contributed by atoms with E-state index in [1.54, 1.807) is 19.5 Å². The van der Waals surface area contributed by atoms with Crippen LogP contribution in [0, 0.1) is 5.82 Å². The number of nitrogens with zero attached hydrogens (tertiary/aromatic N) is 4. The van der Waals surface area contributed by atoms with Gasteiger partial charge in [0.1, 0.15) is 23.4 Å². The fraction of sp³-hybridized carbons (Fsp3) is 0.421. The summed E-state index contributed by atoms with van der Waals surface area (Å²) < 4.78 is 20.9. The quantitative estimate of drug-likeness (QED) is 0.662. The van der Waals surface area contributed by atoms with Gasteiger partial charge in [-0.25, -0.2) is 19.3 Å². The van der Waals surface area contributed by atoms with E-state index in [-0.39, 0.29) is 11.9 Å².